The summed E-state index contributed by atoms with van der Waals surface area (Å²) in [6, 6.07) is 0. The van der Waals surface area contributed by atoms with E-state index in [1.807, 2.05) is 0 Å². The SMILES string of the molecule is CC1CN(S(=O)(=O)N2CCCCC2)NC1=O. The molecule has 0 aromatic rings. The summed E-state index contributed by atoms with van der Waals surface area (Å²) in [5, 5.41) is 0. The highest BCUT2D eigenvalue weighted by Gasteiger charge is 2.38. The van der Waals surface area contributed by atoms with Gasteiger partial charge in [-0.05, 0) is 12.8 Å². The lowest BCUT2D eigenvalue weighted by Crippen LogP contribution is -2.49. The van der Waals surface area contributed by atoms with E-state index >= 15 is 0 Å². The summed E-state index contributed by atoms with van der Waals surface area (Å²) in [6.07, 6.45) is 2.88. The molecule has 0 bridgehead atoms. The molecule has 0 saturated carbocycles. The summed E-state index contributed by atoms with van der Waals surface area (Å²) >= 11 is 0. The molecule has 1 atom stereocenters. The van der Waals surface area contributed by atoms with E-state index in [0.29, 0.717) is 13.1 Å². The van der Waals surface area contributed by atoms with Crippen LogP contribution in [-0.2, 0) is 15.0 Å². The summed E-state index contributed by atoms with van der Waals surface area (Å²) < 4.78 is 26.8. The number of hydrazine groups is 1. The fourth-order valence-electron chi connectivity index (χ4n) is 2.00. The van der Waals surface area contributed by atoms with Gasteiger partial charge in [0.2, 0.25) is 5.91 Å². The van der Waals surface area contributed by atoms with Gasteiger partial charge in [-0.1, -0.05) is 17.8 Å². The van der Waals surface area contributed by atoms with Crippen LogP contribution in [0.4, 0.5) is 0 Å². The maximum Gasteiger partial charge on any atom is 0.299 e. The molecule has 2 rings (SSSR count). The van der Waals surface area contributed by atoms with Crippen LogP contribution in [-0.4, -0.2) is 42.7 Å². The van der Waals surface area contributed by atoms with Crippen LogP contribution < -0.4 is 5.43 Å². The zero-order chi connectivity index (χ0) is 11.8. The molecule has 7 heteroatoms. The highest BCUT2D eigenvalue weighted by Crippen LogP contribution is 2.19. The first-order valence-corrected chi connectivity index (χ1v) is 7.00. The lowest BCUT2D eigenvalue weighted by atomic mass is 10.2. The van der Waals surface area contributed by atoms with Crippen LogP contribution in [0.25, 0.3) is 0 Å². The van der Waals surface area contributed by atoms with Crippen molar-refractivity contribution >= 4 is 16.1 Å². The summed E-state index contributed by atoms with van der Waals surface area (Å²) in [6.45, 7) is 3.07. The maximum absolute atomic E-state index is 12.1. The first kappa shape index (κ1) is 11.8. The second-order valence-corrected chi connectivity index (χ2v) is 6.23. The van der Waals surface area contributed by atoms with Crippen molar-refractivity contribution in [2.24, 2.45) is 5.92 Å². The Hall–Kier alpha value is -0.660. The number of carbonyl (C=O) groups is 1. The number of nitrogens with one attached hydrogen (secondary N) is 1. The fourth-order valence-corrected chi connectivity index (χ4v) is 3.61. The van der Waals surface area contributed by atoms with Crippen molar-refractivity contribution in [1.82, 2.24) is 14.1 Å². The van der Waals surface area contributed by atoms with E-state index in [0.717, 1.165) is 23.7 Å². The van der Waals surface area contributed by atoms with Gasteiger partial charge in [-0.3, -0.25) is 10.2 Å². The molecule has 0 spiro atoms. The van der Waals surface area contributed by atoms with E-state index in [4.69, 9.17) is 0 Å². The van der Waals surface area contributed by atoms with Crippen LogP contribution in [0.5, 0.6) is 0 Å². The van der Waals surface area contributed by atoms with Crippen molar-refractivity contribution in [3.05, 3.63) is 0 Å². The monoisotopic (exact) mass is 247 g/mol. The molecule has 0 aromatic heterocycles. The molecule has 2 aliphatic rings. The fraction of sp³-hybridized carbons (Fsp3) is 0.889. The van der Waals surface area contributed by atoms with Crippen molar-refractivity contribution in [2.45, 2.75) is 26.2 Å². The van der Waals surface area contributed by atoms with Crippen LogP contribution in [0.1, 0.15) is 26.2 Å². The summed E-state index contributed by atoms with van der Waals surface area (Å²) in [7, 11) is -3.49. The minimum Gasteiger partial charge on any atom is -0.274 e. The largest absolute Gasteiger partial charge is 0.299 e. The Morgan fingerprint density at radius 2 is 1.88 bits per heavy atom. The Balaban J connectivity index is 2.10. The van der Waals surface area contributed by atoms with E-state index < -0.39 is 10.2 Å². The average Bonchev–Trinajstić information content (AvgIpc) is 2.61. The van der Waals surface area contributed by atoms with Crippen molar-refractivity contribution < 1.29 is 13.2 Å². The van der Waals surface area contributed by atoms with Gasteiger partial charge in [-0.25, -0.2) is 0 Å². The number of amides is 1. The Labute approximate surface area is 95.7 Å². The minimum atomic E-state index is -3.49. The molecule has 92 valence electrons. The van der Waals surface area contributed by atoms with Crippen LogP contribution in [0.15, 0.2) is 0 Å². The van der Waals surface area contributed by atoms with Crippen molar-refractivity contribution in [2.75, 3.05) is 19.6 Å². The van der Waals surface area contributed by atoms with Crippen LogP contribution in [0.3, 0.4) is 0 Å². The van der Waals surface area contributed by atoms with E-state index in [1.165, 1.54) is 4.31 Å². The molecular weight excluding hydrogens is 230 g/mol. The summed E-state index contributed by atoms with van der Waals surface area (Å²) in [5.41, 5.74) is 2.41. The lowest BCUT2D eigenvalue weighted by Gasteiger charge is -2.29. The third-order valence-electron chi connectivity index (χ3n) is 3.04. The first-order chi connectivity index (χ1) is 7.51. The van der Waals surface area contributed by atoms with Crippen LogP contribution in [0.2, 0.25) is 0 Å². The van der Waals surface area contributed by atoms with Crippen molar-refractivity contribution in [3.8, 4) is 0 Å². The predicted octanol–water partition coefficient (Wildman–Crippen LogP) is -0.300. The molecule has 0 radical (unpaired) electrons. The lowest BCUT2D eigenvalue weighted by molar-refractivity contribution is -0.122. The Bertz CT molecular complexity index is 375. The molecule has 2 aliphatic heterocycles. The molecule has 16 heavy (non-hydrogen) atoms. The molecular formula is C9H17N3O3S. The molecule has 2 heterocycles. The number of nitrogens with zero attached hydrogens (tertiary/aromatic N) is 2. The molecule has 0 aliphatic carbocycles. The highest BCUT2D eigenvalue weighted by molar-refractivity contribution is 7.86. The average molecular weight is 247 g/mol. The second-order valence-electron chi connectivity index (χ2n) is 4.38. The predicted molar refractivity (Wildman–Crippen MR) is 58.4 cm³/mol. The second kappa shape index (κ2) is 4.31. The Morgan fingerprint density at radius 3 is 2.38 bits per heavy atom. The quantitative estimate of drug-likeness (QED) is 0.728. The zero-order valence-electron chi connectivity index (χ0n) is 9.35. The van der Waals surface area contributed by atoms with E-state index in [9.17, 15) is 13.2 Å². The summed E-state index contributed by atoms with van der Waals surface area (Å²) in [5.74, 6) is -0.486. The van der Waals surface area contributed by atoms with Gasteiger partial charge in [0.1, 0.15) is 0 Å². The smallest absolute Gasteiger partial charge is 0.274 e. The van der Waals surface area contributed by atoms with Gasteiger partial charge in [0.05, 0.1) is 5.92 Å². The normalized spacial score (nSPS) is 29.3. The van der Waals surface area contributed by atoms with E-state index in [1.54, 1.807) is 6.92 Å². The number of piperidine rings is 1. The number of hydrogen-bond acceptors (Lipinski definition) is 3. The van der Waals surface area contributed by atoms with Crippen LogP contribution in [0, 0.1) is 5.92 Å². The molecule has 0 aromatic carbocycles. The van der Waals surface area contributed by atoms with Gasteiger partial charge in [-0.15, -0.1) is 0 Å². The van der Waals surface area contributed by atoms with Crippen molar-refractivity contribution in [1.29, 1.82) is 0 Å². The standard InChI is InChI=1S/C9H17N3O3S/c1-8-7-12(10-9(8)13)16(14,15)11-5-3-2-4-6-11/h8H,2-7H2,1H3,(H,10,13). The number of rotatable bonds is 2. The van der Waals surface area contributed by atoms with Crippen LogP contribution >= 0.6 is 0 Å². The maximum atomic E-state index is 12.1. The minimum absolute atomic E-state index is 0.222. The number of carbonyl (C=O) groups excluding carboxylic acids is 1. The van der Waals surface area contributed by atoms with Gasteiger partial charge < -0.3 is 0 Å². The number of hydrogen-bond donors (Lipinski definition) is 1. The van der Waals surface area contributed by atoms with Gasteiger partial charge in [0.25, 0.3) is 10.2 Å². The molecule has 1 N–H and O–H groups in total. The van der Waals surface area contributed by atoms with Gasteiger partial charge >= 0.3 is 0 Å². The van der Waals surface area contributed by atoms with E-state index in [-0.39, 0.29) is 18.4 Å². The van der Waals surface area contributed by atoms with Gasteiger partial charge in [0.15, 0.2) is 0 Å². The molecule has 1 unspecified atom stereocenters. The molecule has 6 nitrogen and oxygen atoms in total. The molecule has 2 fully saturated rings. The van der Waals surface area contributed by atoms with Gasteiger partial charge in [0, 0.05) is 19.6 Å². The topological polar surface area (TPSA) is 69.7 Å². The third kappa shape index (κ3) is 2.07. The van der Waals surface area contributed by atoms with Crippen molar-refractivity contribution in [3.63, 3.8) is 0 Å². The zero-order valence-corrected chi connectivity index (χ0v) is 10.2. The molecule has 1 amide bonds. The third-order valence-corrected chi connectivity index (χ3v) is 4.86. The first-order valence-electron chi connectivity index (χ1n) is 5.60. The van der Waals surface area contributed by atoms with E-state index in [2.05, 4.69) is 5.43 Å². The highest BCUT2D eigenvalue weighted by atomic mass is 32.2. The Morgan fingerprint density at radius 1 is 1.25 bits per heavy atom. The van der Waals surface area contributed by atoms with Gasteiger partial charge in [-0.2, -0.15) is 12.7 Å². The Kier molecular flexibility index (Phi) is 3.18. The summed E-state index contributed by atoms with van der Waals surface area (Å²) in [4.78, 5) is 11.3. The molecule has 2 saturated heterocycles.